The van der Waals surface area contributed by atoms with E-state index in [9.17, 15) is 27.2 Å². The molecule has 0 saturated heterocycles. The van der Waals surface area contributed by atoms with E-state index in [-0.39, 0.29) is 11.3 Å². The Morgan fingerprint density at radius 3 is 2.28 bits per heavy atom. The zero-order valence-corrected chi connectivity index (χ0v) is 12.8. The van der Waals surface area contributed by atoms with Gasteiger partial charge >= 0.3 is 18.2 Å². The zero-order valence-electron chi connectivity index (χ0n) is 12.8. The van der Waals surface area contributed by atoms with Gasteiger partial charge in [0, 0.05) is 0 Å². The summed E-state index contributed by atoms with van der Waals surface area (Å²) < 4.78 is 56.2. The van der Waals surface area contributed by atoms with Crippen molar-refractivity contribution < 1.29 is 31.9 Å². The van der Waals surface area contributed by atoms with Gasteiger partial charge in [0.1, 0.15) is 5.82 Å². The summed E-state index contributed by atoms with van der Waals surface area (Å²) in [6.45, 7) is 0. The van der Waals surface area contributed by atoms with Crippen molar-refractivity contribution in [1.82, 2.24) is 0 Å². The second-order valence-corrected chi connectivity index (χ2v) is 4.81. The molecule has 0 atom stereocenters. The summed E-state index contributed by atoms with van der Waals surface area (Å²) in [7, 11) is 1.15. The number of rotatable bonds is 3. The lowest BCUT2D eigenvalue weighted by Crippen LogP contribution is -2.22. The molecular weight excluding hydrogens is 344 g/mol. The summed E-state index contributed by atoms with van der Waals surface area (Å²) in [5.41, 5.74) is -1.68. The number of para-hydroxylation sites is 1. The average molecular weight is 356 g/mol. The van der Waals surface area contributed by atoms with Gasteiger partial charge in [-0.2, -0.15) is 13.2 Å². The van der Waals surface area contributed by atoms with E-state index in [1.165, 1.54) is 24.3 Å². The minimum atomic E-state index is -4.68. The van der Waals surface area contributed by atoms with E-state index in [0.717, 1.165) is 7.11 Å². The molecule has 9 heteroatoms. The van der Waals surface area contributed by atoms with Gasteiger partial charge in [-0.05, 0) is 30.3 Å². The van der Waals surface area contributed by atoms with Gasteiger partial charge in [0.2, 0.25) is 0 Å². The van der Waals surface area contributed by atoms with Crippen molar-refractivity contribution in [2.75, 3.05) is 17.7 Å². The molecule has 132 valence electrons. The highest BCUT2D eigenvalue weighted by Crippen LogP contribution is 2.31. The van der Waals surface area contributed by atoms with E-state index in [1.807, 2.05) is 5.32 Å². The van der Waals surface area contributed by atoms with Gasteiger partial charge in [-0.25, -0.2) is 14.0 Å². The van der Waals surface area contributed by atoms with E-state index in [1.54, 1.807) is 0 Å². The number of nitrogens with one attached hydrogen (secondary N) is 2. The summed E-state index contributed by atoms with van der Waals surface area (Å²) in [6, 6.07) is 6.43. The average Bonchev–Trinajstić information content (AvgIpc) is 2.55. The molecule has 0 aromatic heterocycles. The number of ether oxygens (including phenoxy) is 1. The number of amides is 2. The van der Waals surface area contributed by atoms with Crippen molar-refractivity contribution in [2.24, 2.45) is 0 Å². The molecule has 2 amide bonds. The first-order chi connectivity index (χ1) is 11.7. The number of alkyl halides is 3. The van der Waals surface area contributed by atoms with Crippen LogP contribution in [0.2, 0.25) is 0 Å². The van der Waals surface area contributed by atoms with Crippen molar-refractivity contribution in [3.05, 3.63) is 59.4 Å². The van der Waals surface area contributed by atoms with Crippen LogP contribution in [0.3, 0.4) is 0 Å². The van der Waals surface area contributed by atoms with Crippen LogP contribution in [-0.4, -0.2) is 19.1 Å². The topological polar surface area (TPSA) is 67.4 Å². The lowest BCUT2D eigenvalue weighted by Gasteiger charge is -2.13. The summed E-state index contributed by atoms with van der Waals surface area (Å²) in [5.74, 6) is -1.76. The molecule has 0 aliphatic rings. The lowest BCUT2D eigenvalue weighted by atomic mass is 10.1. The van der Waals surface area contributed by atoms with E-state index in [0.29, 0.717) is 18.2 Å². The predicted octanol–water partition coefficient (Wildman–Crippen LogP) is 4.28. The number of hydrogen-bond donors (Lipinski definition) is 2. The predicted molar refractivity (Wildman–Crippen MR) is 81.8 cm³/mol. The Bertz CT molecular complexity index is 806. The van der Waals surface area contributed by atoms with E-state index < -0.39 is 35.2 Å². The van der Waals surface area contributed by atoms with Gasteiger partial charge < -0.3 is 15.4 Å². The highest BCUT2D eigenvalue weighted by atomic mass is 19.4. The Hall–Kier alpha value is -3.10. The second-order valence-electron chi connectivity index (χ2n) is 4.81. The van der Waals surface area contributed by atoms with Gasteiger partial charge in [-0.3, -0.25) is 0 Å². The molecule has 0 spiro atoms. The molecule has 0 fully saturated rings. The fourth-order valence-electron chi connectivity index (χ4n) is 1.95. The first-order valence-corrected chi connectivity index (χ1v) is 6.84. The third kappa shape index (κ3) is 4.46. The van der Waals surface area contributed by atoms with E-state index >= 15 is 0 Å². The van der Waals surface area contributed by atoms with Crippen LogP contribution in [0.15, 0.2) is 42.5 Å². The van der Waals surface area contributed by atoms with Crippen LogP contribution in [0.1, 0.15) is 15.9 Å². The van der Waals surface area contributed by atoms with Crippen LogP contribution >= 0.6 is 0 Å². The first kappa shape index (κ1) is 18.2. The summed E-state index contributed by atoms with van der Waals surface area (Å²) in [5, 5.41) is 4.24. The lowest BCUT2D eigenvalue weighted by molar-refractivity contribution is -0.137. The third-order valence-electron chi connectivity index (χ3n) is 3.12. The number of benzene rings is 2. The smallest absolute Gasteiger partial charge is 0.416 e. The standard InChI is InChI=1S/C16H12F4N2O3/c1-25-14(23)10-4-2-3-5-12(10)21-15(24)22-13-8-9(16(18,19)20)6-7-11(13)17/h2-8H,1H3,(H2,21,22,24). The van der Waals surface area contributed by atoms with Crippen LogP contribution in [-0.2, 0) is 10.9 Å². The molecule has 0 radical (unpaired) electrons. The number of carbonyl (C=O) groups excluding carboxylic acids is 2. The molecule has 0 unspecified atom stereocenters. The second kappa shape index (κ2) is 7.20. The van der Waals surface area contributed by atoms with Crippen LogP contribution in [0.25, 0.3) is 0 Å². The maximum absolute atomic E-state index is 13.6. The summed E-state index contributed by atoms with van der Waals surface area (Å²) in [6.07, 6.45) is -4.68. The fraction of sp³-hybridized carbons (Fsp3) is 0.125. The highest BCUT2D eigenvalue weighted by molar-refractivity contribution is 6.05. The molecule has 25 heavy (non-hydrogen) atoms. The van der Waals surface area contributed by atoms with Crippen molar-refractivity contribution in [3.63, 3.8) is 0 Å². The Morgan fingerprint density at radius 1 is 1.00 bits per heavy atom. The van der Waals surface area contributed by atoms with Crippen molar-refractivity contribution in [1.29, 1.82) is 0 Å². The zero-order chi connectivity index (χ0) is 18.6. The van der Waals surface area contributed by atoms with Gasteiger partial charge in [-0.15, -0.1) is 0 Å². The SMILES string of the molecule is COC(=O)c1ccccc1NC(=O)Nc1cc(C(F)(F)F)ccc1F. The normalized spacial score (nSPS) is 10.9. The van der Waals surface area contributed by atoms with Gasteiger partial charge in [-0.1, -0.05) is 12.1 Å². The maximum Gasteiger partial charge on any atom is 0.416 e. The Balaban J connectivity index is 2.21. The Kier molecular flexibility index (Phi) is 5.26. The van der Waals surface area contributed by atoms with Crippen molar-refractivity contribution in [2.45, 2.75) is 6.18 Å². The molecule has 0 aliphatic carbocycles. The van der Waals surface area contributed by atoms with Crippen LogP contribution < -0.4 is 10.6 Å². The third-order valence-corrected chi connectivity index (χ3v) is 3.12. The molecule has 0 aliphatic heterocycles. The molecule has 2 rings (SSSR count). The first-order valence-electron chi connectivity index (χ1n) is 6.84. The summed E-state index contributed by atoms with van der Waals surface area (Å²) in [4.78, 5) is 23.5. The number of methoxy groups -OCH3 is 1. The molecule has 0 bridgehead atoms. The van der Waals surface area contributed by atoms with Gasteiger partial charge in [0.05, 0.1) is 29.6 Å². The monoisotopic (exact) mass is 356 g/mol. The number of anilines is 2. The maximum atomic E-state index is 13.6. The molecular formula is C16H12F4N2O3. The molecule has 2 N–H and O–H groups in total. The van der Waals surface area contributed by atoms with E-state index in [2.05, 4.69) is 10.1 Å². The molecule has 2 aromatic carbocycles. The van der Waals surface area contributed by atoms with Crippen LogP contribution in [0.5, 0.6) is 0 Å². The molecule has 0 saturated carbocycles. The van der Waals surface area contributed by atoms with Crippen molar-refractivity contribution in [3.8, 4) is 0 Å². The number of hydrogen-bond acceptors (Lipinski definition) is 3. The number of urea groups is 1. The number of esters is 1. The minimum Gasteiger partial charge on any atom is -0.465 e. The summed E-state index contributed by atoms with van der Waals surface area (Å²) >= 11 is 0. The number of halogens is 4. The fourth-order valence-corrected chi connectivity index (χ4v) is 1.95. The van der Waals surface area contributed by atoms with Crippen LogP contribution in [0, 0.1) is 5.82 Å². The van der Waals surface area contributed by atoms with Gasteiger partial charge in [0.15, 0.2) is 0 Å². The number of carbonyl (C=O) groups is 2. The highest BCUT2D eigenvalue weighted by Gasteiger charge is 2.31. The minimum absolute atomic E-state index is 0.0321. The Morgan fingerprint density at radius 2 is 1.64 bits per heavy atom. The Labute approximate surface area is 139 Å². The van der Waals surface area contributed by atoms with Gasteiger partial charge in [0.25, 0.3) is 0 Å². The molecule has 0 heterocycles. The largest absolute Gasteiger partial charge is 0.465 e. The molecule has 5 nitrogen and oxygen atoms in total. The molecule has 2 aromatic rings. The van der Waals surface area contributed by atoms with E-state index in [4.69, 9.17) is 0 Å². The van der Waals surface area contributed by atoms with Crippen LogP contribution in [0.4, 0.5) is 33.7 Å². The quantitative estimate of drug-likeness (QED) is 0.637. The van der Waals surface area contributed by atoms with Crippen molar-refractivity contribution >= 4 is 23.4 Å².